The van der Waals surface area contributed by atoms with Gasteiger partial charge in [-0.3, -0.25) is 0 Å². The van der Waals surface area contributed by atoms with Gasteiger partial charge in [0.15, 0.2) is 0 Å². The first-order chi connectivity index (χ1) is 8.02. The van der Waals surface area contributed by atoms with E-state index in [0.29, 0.717) is 26.1 Å². The van der Waals surface area contributed by atoms with E-state index in [9.17, 15) is 8.42 Å². The molecular weight excluding hydrogens is 240 g/mol. The molecule has 0 saturated carbocycles. The molecule has 0 aromatic heterocycles. The van der Waals surface area contributed by atoms with Gasteiger partial charge in [-0.05, 0) is 33.2 Å². The van der Waals surface area contributed by atoms with Crippen molar-refractivity contribution in [1.82, 2.24) is 9.62 Å². The van der Waals surface area contributed by atoms with Gasteiger partial charge in [-0.1, -0.05) is 0 Å². The van der Waals surface area contributed by atoms with Gasteiger partial charge < -0.3 is 10.1 Å². The molecular formula is C11H24N2O3S. The summed E-state index contributed by atoms with van der Waals surface area (Å²) in [7, 11) is 0.315. The predicted octanol–water partition coefficient (Wildman–Crippen LogP) is 0.425. The minimum Gasteiger partial charge on any atom is -0.385 e. The quantitative estimate of drug-likeness (QED) is 0.755. The van der Waals surface area contributed by atoms with Crippen molar-refractivity contribution in [2.45, 2.75) is 37.5 Å². The third kappa shape index (κ3) is 3.91. The van der Waals surface area contributed by atoms with Gasteiger partial charge >= 0.3 is 0 Å². The van der Waals surface area contributed by atoms with Gasteiger partial charge in [0.05, 0.1) is 5.25 Å². The molecule has 0 aromatic carbocycles. The van der Waals surface area contributed by atoms with E-state index in [1.807, 2.05) is 7.05 Å². The second kappa shape index (κ2) is 6.68. The molecule has 0 unspecified atom stereocenters. The highest BCUT2D eigenvalue weighted by atomic mass is 32.2. The zero-order chi connectivity index (χ0) is 12.9. The van der Waals surface area contributed by atoms with Crippen molar-refractivity contribution >= 4 is 10.0 Å². The van der Waals surface area contributed by atoms with Gasteiger partial charge in [-0.2, -0.15) is 0 Å². The van der Waals surface area contributed by atoms with Crippen LogP contribution in [0, 0.1) is 0 Å². The molecule has 5 nitrogen and oxygen atoms in total. The summed E-state index contributed by atoms with van der Waals surface area (Å²) in [4.78, 5) is 0. The molecule has 1 fully saturated rings. The predicted molar refractivity (Wildman–Crippen MR) is 68.5 cm³/mol. The summed E-state index contributed by atoms with van der Waals surface area (Å²) >= 11 is 0. The summed E-state index contributed by atoms with van der Waals surface area (Å²) in [5.74, 6) is 0. The lowest BCUT2D eigenvalue weighted by molar-refractivity contribution is 0.193. The summed E-state index contributed by atoms with van der Waals surface area (Å²) < 4.78 is 31.2. The Morgan fingerprint density at radius 3 is 2.82 bits per heavy atom. The number of hydrogen-bond donors (Lipinski definition) is 1. The molecule has 1 saturated heterocycles. The number of rotatable bonds is 6. The fourth-order valence-corrected chi connectivity index (χ4v) is 3.77. The van der Waals surface area contributed by atoms with Crippen LogP contribution in [0.1, 0.15) is 26.2 Å². The molecule has 0 aromatic rings. The average molecular weight is 264 g/mol. The van der Waals surface area contributed by atoms with Gasteiger partial charge in [0, 0.05) is 32.8 Å². The number of methoxy groups -OCH3 is 1. The maximum absolute atomic E-state index is 12.3. The first-order valence-corrected chi connectivity index (χ1v) is 7.67. The number of nitrogens with zero attached hydrogens (tertiary/aromatic N) is 1. The van der Waals surface area contributed by atoms with E-state index in [2.05, 4.69) is 5.32 Å². The van der Waals surface area contributed by atoms with Crippen molar-refractivity contribution in [2.75, 3.05) is 33.9 Å². The third-order valence-electron chi connectivity index (χ3n) is 3.39. The Morgan fingerprint density at radius 1 is 1.53 bits per heavy atom. The third-order valence-corrected chi connectivity index (χ3v) is 5.69. The van der Waals surface area contributed by atoms with Crippen molar-refractivity contribution in [3.05, 3.63) is 0 Å². The number of hydrogen-bond acceptors (Lipinski definition) is 4. The summed E-state index contributed by atoms with van der Waals surface area (Å²) in [6, 6.07) is 0.285. The highest BCUT2D eigenvalue weighted by Gasteiger charge is 2.32. The monoisotopic (exact) mass is 264 g/mol. The number of ether oxygens (including phenoxy) is 1. The lowest BCUT2D eigenvalue weighted by Gasteiger charge is -2.33. The Balaban J connectivity index is 2.62. The zero-order valence-corrected chi connectivity index (χ0v) is 11.8. The van der Waals surface area contributed by atoms with Crippen LogP contribution in [0.4, 0.5) is 0 Å². The molecule has 17 heavy (non-hydrogen) atoms. The van der Waals surface area contributed by atoms with Gasteiger partial charge in [0.25, 0.3) is 0 Å². The van der Waals surface area contributed by atoms with E-state index in [4.69, 9.17) is 4.74 Å². The molecule has 0 radical (unpaired) electrons. The minimum atomic E-state index is -3.16. The molecule has 1 heterocycles. The molecule has 0 bridgehead atoms. The van der Waals surface area contributed by atoms with Crippen LogP contribution in [0.5, 0.6) is 0 Å². The van der Waals surface area contributed by atoms with Crippen LogP contribution in [0.3, 0.4) is 0 Å². The van der Waals surface area contributed by atoms with Crippen LogP contribution in [0.25, 0.3) is 0 Å². The second-order valence-corrected chi connectivity index (χ2v) is 6.97. The fraction of sp³-hybridized carbons (Fsp3) is 1.00. The molecule has 102 valence electrons. The first kappa shape index (κ1) is 14.9. The first-order valence-electron chi connectivity index (χ1n) is 6.17. The summed E-state index contributed by atoms with van der Waals surface area (Å²) in [5, 5.41) is 2.79. The van der Waals surface area contributed by atoms with E-state index < -0.39 is 10.0 Å². The van der Waals surface area contributed by atoms with Crippen LogP contribution in [-0.2, 0) is 14.8 Å². The second-order valence-electron chi connectivity index (χ2n) is 4.62. The number of piperidine rings is 1. The number of likely N-dealkylation sites (N-methyl/N-ethyl adjacent to an activating group) is 1. The molecule has 0 amide bonds. The van der Waals surface area contributed by atoms with E-state index in [0.717, 1.165) is 12.8 Å². The Bertz CT molecular complexity index is 319. The van der Waals surface area contributed by atoms with E-state index in [-0.39, 0.29) is 11.3 Å². The molecule has 1 aliphatic heterocycles. The van der Waals surface area contributed by atoms with Crippen molar-refractivity contribution in [3.63, 3.8) is 0 Å². The van der Waals surface area contributed by atoms with Crippen LogP contribution in [0.2, 0.25) is 0 Å². The van der Waals surface area contributed by atoms with Crippen molar-refractivity contribution in [3.8, 4) is 0 Å². The van der Waals surface area contributed by atoms with Crippen LogP contribution in [0.15, 0.2) is 0 Å². The largest absolute Gasteiger partial charge is 0.385 e. The van der Waals surface area contributed by atoms with E-state index in [1.54, 1.807) is 18.3 Å². The van der Waals surface area contributed by atoms with Crippen molar-refractivity contribution < 1.29 is 13.2 Å². The summed E-state index contributed by atoms with van der Waals surface area (Å²) in [5.41, 5.74) is 0. The number of sulfonamides is 1. The lowest BCUT2D eigenvalue weighted by atomic mass is 10.1. The Morgan fingerprint density at radius 2 is 2.24 bits per heavy atom. The van der Waals surface area contributed by atoms with Gasteiger partial charge in [0.1, 0.15) is 0 Å². The average Bonchev–Trinajstić information content (AvgIpc) is 2.35. The van der Waals surface area contributed by atoms with Gasteiger partial charge in [-0.25, -0.2) is 12.7 Å². The van der Waals surface area contributed by atoms with Gasteiger partial charge in [0.2, 0.25) is 10.0 Å². The van der Waals surface area contributed by atoms with Crippen LogP contribution in [-0.4, -0.2) is 57.9 Å². The highest BCUT2D eigenvalue weighted by molar-refractivity contribution is 7.89. The SMILES string of the molecule is CN[C@H]1CCCN(S(=O)(=O)[C@H](C)CCOC)C1. The topological polar surface area (TPSA) is 58.6 Å². The van der Waals surface area contributed by atoms with E-state index in [1.165, 1.54) is 0 Å². The molecule has 2 atom stereocenters. The Labute approximate surface area is 105 Å². The summed E-state index contributed by atoms with van der Waals surface area (Å²) in [6.45, 7) is 3.50. The Kier molecular flexibility index (Phi) is 5.85. The standard InChI is InChI=1S/C11H24N2O3S/c1-10(6-8-16-3)17(14,15)13-7-4-5-11(9-13)12-2/h10-12H,4-9H2,1-3H3/t10-,11+/m1/s1. The highest BCUT2D eigenvalue weighted by Crippen LogP contribution is 2.18. The molecule has 6 heteroatoms. The van der Waals surface area contributed by atoms with Crippen LogP contribution >= 0.6 is 0 Å². The van der Waals surface area contributed by atoms with Crippen molar-refractivity contribution in [2.24, 2.45) is 0 Å². The summed E-state index contributed by atoms with van der Waals surface area (Å²) in [6.07, 6.45) is 2.54. The van der Waals surface area contributed by atoms with Crippen molar-refractivity contribution in [1.29, 1.82) is 0 Å². The smallest absolute Gasteiger partial charge is 0.216 e. The molecule has 1 N–H and O–H groups in total. The fourth-order valence-electron chi connectivity index (χ4n) is 2.10. The maximum atomic E-state index is 12.3. The lowest BCUT2D eigenvalue weighted by Crippen LogP contribution is -2.49. The normalized spacial score (nSPS) is 24.8. The Hall–Kier alpha value is -0.170. The number of nitrogens with one attached hydrogen (secondary N) is 1. The molecule has 1 rings (SSSR count). The van der Waals surface area contributed by atoms with E-state index >= 15 is 0 Å². The van der Waals surface area contributed by atoms with Gasteiger partial charge in [-0.15, -0.1) is 0 Å². The molecule has 0 aliphatic carbocycles. The molecule has 1 aliphatic rings. The molecule has 0 spiro atoms. The van der Waals surface area contributed by atoms with Crippen LogP contribution < -0.4 is 5.32 Å². The maximum Gasteiger partial charge on any atom is 0.216 e. The zero-order valence-electron chi connectivity index (χ0n) is 11.0. The minimum absolute atomic E-state index is 0.285.